The molecule has 0 atom stereocenters. The Hall–Kier alpha value is -2.52. The molecule has 0 aromatic heterocycles. The lowest BCUT2D eigenvalue weighted by atomic mass is 10.1. The van der Waals surface area contributed by atoms with E-state index in [2.05, 4.69) is 24.3 Å². The van der Waals surface area contributed by atoms with Gasteiger partial charge < -0.3 is 4.90 Å². The van der Waals surface area contributed by atoms with Crippen molar-refractivity contribution in [2.75, 3.05) is 6.26 Å². The average molecular weight is 347 g/mol. The van der Waals surface area contributed by atoms with E-state index in [-0.39, 0.29) is 5.91 Å². The van der Waals surface area contributed by atoms with Gasteiger partial charge in [0.25, 0.3) is 5.91 Å². The van der Waals surface area contributed by atoms with Gasteiger partial charge >= 0.3 is 0 Å². The van der Waals surface area contributed by atoms with Gasteiger partial charge in [0, 0.05) is 18.0 Å². The van der Waals surface area contributed by atoms with Crippen molar-refractivity contribution in [2.24, 2.45) is 0 Å². The van der Waals surface area contributed by atoms with Crippen molar-refractivity contribution < 1.29 is 4.79 Å². The number of thioether (sulfide) groups is 1. The molecule has 0 radical (unpaired) electrons. The molecule has 3 aromatic carbocycles. The van der Waals surface area contributed by atoms with Gasteiger partial charge in [-0.15, -0.1) is 11.8 Å². The molecular formula is C22H21NOS. The maximum absolute atomic E-state index is 13.2. The predicted molar refractivity (Wildman–Crippen MR) is 105 cm³/mol. The predicted octanol–water partition coefficient (Wildman–Crippen LogP) is 5.25. The Balaban J connectivity index is 1.90. The molecule has 0 N–H and O–H groups in total. The molecule has 0 aliphatic heterocycles. The van der Waals surface area contributed by atoms with Crippen molar-refractivity contribution in [1.82, 2.24) is 4.90 Å². The van der Waals surface area contributed by atoms with E-state index in [1.54, 1.807) is 11.8 Å². The van der Waals surface area contributed by atoms with Crippen LogP contribution in [0.3, 0.4) is 0 Å². The number of benzene rings is 3. The summed E-state index contributed by atoms with van der Waals surface area (Å²) in [7, 11) is 0. The molecule has 0 bridgehead atoms. The highest BCUT2D eigenvalue weighted by Crippen LogP contribution is 2.23. The topological polar surface area (TPSA) is 20.3 Å². The first-order chi connectivity index (χ1) is 12.3. The molecule has 3 heteroatoms. The van der Waals surface area contributed by atoms with Gasteiger partial charge in [0.1, 0.15) is 0 Å². The lowest BCUT2D eigenvalue weighted by Gasteiger charge is -2.24. The summed E-state index contributed by atoms with van der Waals surface area (Å²) in [4.78, 5) is 16.2. The second-order valence-corrected chi connectivity index (χ2v) is 6.68. The zero-order valence-electron chi connectivity index (χ0n) is 14.3. The Morgan fingerprint density at radius 1 is 0.760 bits per heavy atom. The molecule has 0 aliphatic rings. The minimum atomic E-state index is 0.0673. The summed E-state index contributed by atoms with van der Waals surface area (Å²) in [5.41, 5.74) is 3.03. The fourth-order valence-electron chi connectivity index (χ4n) is 2.80. The molecule has 0 spiro atoms. The Morgan fingerprint density at radius 3 is 1.76 bits per heavy atom. The lowest BCUT2D eigenvalue weighted by molar-refractivity contribution is 0.0726. The van der Waals surface area contributed by atoms with E-state index < -0.39 is 0 Å². The maximum atomic E-state index is 13.2. The van der Waals surface area contributed by atoms with Crippen molar-refractivity contribution in [3.8, 4) is 0 Å². The SMILES string of the molecule is CSc1ccccc1C(=O)N(Cc1ccccc1)Cc1ccccc1. The molecule has 3 aromatic rings. The van der Waals surface area contributed by atoms with Gasteiger partial charge in [0.15, 0.2) is 0 Å². The number of rotatable bonds is 6. The zero-order chi connectivity index (χ0) is 17.5. The summed E-state index contributed by atoms with van der Waals surface area (Å²) >= 11 is 1.61. The second kappa shape index (κ2) is 8.54. The van der Waals surface area contributed by atoms with E-state index in [0.29, 0.717) is 13.1 Å². The first kappa shape index (κ1) is 17.3. The largest absolute Gasteiger partial charge is 0.330 e. The van der Waals surface area contributed by atoms with Gasteiger partial charge in [-0.3, -0.25) is 4.79 Å². The molecule has 2 nitrogen and oxygen atoms in total. The van der Waals surface area contributed by atoms with Crippen LogP contribution in [0, 0.1) is 0 Å². The van der Waals surface area contributed by atoms with Gasteiger partial charge in [-0.1, -0.05) is 72.8 Å². The quantitative estimate of drug-likeness (QED) is 0.568. The van der Waals surface area contributed by atoms with Gasteiger partial charge in [-0.05, 0) is 29.5 Å². The Bertz CT molecular complexity index is 776. The smallest absolute Gasteiger partial charge is 0.255 e. The van der Waals surface area contributed by atoms with Crippen molar-refractivity contribution in [3.63, 3.8) is 0 Å². The molecule has 0 unspecified atom stereocenters. The van der Waals surface area contributed by atoms with Crippen LogP contribution in [0.1, 0.15) is 21.5 Å². The van der Waals surface area contributed by atoms with E-state index in [0.717, 1.165) is 21.6 Å². The van der Waals surface area contributed by atoms with E-state index in [9.17, 15) is 4.79 Å². The fourth-order valence-corrected chi connectivity index (χ4v) is 3.39. The van der Waals surface area contributed by atoms with Crippen molar-refractivity contribution >= 4 is 17.7 Å². The van der Waals surface area contributed by atoms with E-state index in [1.807, 2.05) is 71.8 Å². The minimum absolute atomic E-state index is 0.0673. The average Bonchev–Trinajstić information content (AvgIpc) is 2.68. The van der Waals surface area contributed by atoms with E-state index in [4.69, 9.17) is 0 Å². The summed E-state index contributed by atoms with van der Waals surface area (Å²) < 4.78 is 0. The normalized spacial score (nSPS) is 10.4. The molecule has 0 fully saturated rings. The summed E-state index contributed by atoms with van der Waals surface area (Å²) in [6.07, 6.45) is 2.00. The third-order valence-corrected chi connectivity index (χ3v) is 4.85. The Morgan fingerprint density at radius 2 is 1.24 bits per heavy atom. The first-order valence-electron chi connectivity index (χ1n) is 8.28. The maximum Gasteiger partial charge on any atom is 0.255 e. The molecule has 0 saturated heterocycles. The van der Waals surface area contributed by atoms with Gasteiger partial charge in [0.2, 0.25) is 0 Å². The van der Waals surface area contributed by atoms with Crippen LogP contribution in [-0.4, -0.2) is 17.1 Å². The van der Waals surface area contributed by atoms with Crippen LogP contribution in [0.4, 0.5) is 0 Å². The molecule has 0 heterocycles. The van der Waals surface area contributed by atoms with Crippen LogP contribution in [-0.2, 0) is 13.1 Å². The molecule has 0 aliphatic carbocycles. The van der Waals surface area contributed by atoms with Crippen LogP contribution < -0.4 is 0 Å². The van der Waals surface area contributed by atoms with Gasteiger partial charge in [-0.2, -0.15) is 0 Å². The monoisotopic (exact) mass is 347 g/mol. The van der Waals surface area contributed by atoms with Crippen molar-refractivity contribution in [2.45, 2.75) is 18.0 Å². The molecule has 126 valence electrons. The number of hydrogen-bond donors (Lipinski definition) is 0. The highest BCUT2D eigenvalue weighted by molar-refractivity contribution is 7.98. The van der Waals surface area contributed by atoms with E-state index >= 15 is 0 Å². The lowest BCUT2D eigenvalue weighted by Crippen LogP contribution is -2.30. The van der Waals surface area contributed by atoms with Crippen LogP contribution in [0.5, 0.6) is 0 Å². The standard InChI is InChI=1S/C22H21NOS/c1-25-21-15-9-8-14-20(21)22(24)23(16-18-10-4-2-5-11-18)17-19-12-6-3-7-13-19/h2-15H,16-17H2,1H3. The summed E-state index contributed by atoms with van der Waals surface area (Å²) in [5, 5.41) is 0. The number of carbonyl (C=O) groups excluding carboxylic acids is 1. The highest BCUT2D eigenvalue weighted by atomic mass is 32.2. The minimum Gasteiger partial charge on any atom is -0.330 e. The number of carbonyl (C=O) groups is 1. The first-order valence-corrected chi connectivity index (χ1v) is 9.50. The number of nitrogens with zero attached hydrogens (tertiary/aromatic N) is 1. The van der Waals surface area contributed by atoms with Crippen LogP contribution in [0.2, 0.25) is 0 Å². The molecule has 3 rings (SSSR count). The Kier molecular flexibility index (Phi) is 5.91. The molecular weight excluding hydrogens is 326 g/mol. The molecule has 1 amide bonds. The number of amides is 1. The third-order valence-electron chi connectivity index (χ3n) is 4.06. The second-order valence-electron chi connectivity index (χ2n) is 5.83. The van der Waals surface area contributed by atoms with Crippen LogP contribution in [0.15, 0.2) is 89.8 Å². The van der Waals surface area contributed by atoms with Gasteiger partial charge in [0.05, 0.1) is 5.56 Å². The highest BCUT2D eigenvalue weighted by Gasteiger charge is 2.19. The van der Waals surface area contributed by atoms with E-state index in [1.165, 1.54) is 0 Å². The van der Waals surface area contributed by atoms with Gasteiger partial charge in [-0.25, -0.2) is 0 Å². The van der Waals surface area contributed by atoms with Crippen LogP contribution in [0.25, 0.3) is 0 Å². The summed E-state index contributed by atoms with van der Waals surface area (Å²) in [6.45, 7) is 1.19. The number of hydrogen-bond acceptors (Lipinski definition) is 2. The fraction of sp³-hybridized carbons (Fsp3) is 0.136. The van der Waals surface area contributed by atoms with Crippen molar-refractivity contribution in [3.05, 3.63) is 102 Å². The van der Waals surface area contributed by atoms with Crippen molar-refractivity contribution in [1.29, 1.82) is 0 Å². The zero-order valence-corrected chi connectivity index (χ0v) is 15.1. The molecule has 25 heavy (non-hydrogen) atoms. The Labute approximate surface area is 153 Å². The third kappa shape index (κ3) is 4.52. The van der Waals surface area contributed by atoms with Crippen LogP contribution >= 0.6 is 11.8 Å². The summed E-state index contributed by atoms with van der Waals surface area (Å²) in [5.74, 6) is 0.0673. The summed E-state index contributed by atoms with van der Waals surface area (Å²) in [6, 6.07) is 28.1. The molecule has 0 saturated carbocycles.